The van der Waals surface area contributed by atoms with E-state index in [1.54, 1.807) is 0 Å². The number of hydrogen-bond acceptors (Lipinski definition) is 3. The SMILES string of the molecule is CC(C(=O)c1ccc(O)c(F)c1)N1C[C@H]2CC(CCCc3ccccc3)C[C@H]2C1. The summed E-state index contributed by atoms with van der Waals surface area (Å²) in [4.78, 5) is 15.0. The molecule has 0 bridgehead atoms. The van der Waals surface area contributed by atoms with Crippen LogP contribution in [0, 0.1) is 23.6 Å². The molecule has 29 heavy (non-hydrogen) atoms. The van der Waals surface area contributed by atoms with Crippen molar-refractivity contribution in [2.24, 2.45) is 17.8 Å². The van der Waals surface area contributed by atoms with Gasteiger partial charge in [-0.1, -0.05) is 36.8 Å². The van der Waals surface area contributed by atoms with Gasteiger partial charge in [-0.2, -0.15) is 0 Å². The van der Waals surface area contributed by atoms with Crippen molar-refractivity contribution in [1.82, 2.24) is 4.90 Å². The highest BCUT2D eigenvalue weighted by Gasteiger charge is 2.42. The van der Waals surface area contributed by atoms with Crippen LogP contribution in [0.4, 0.5) is 4.39 Å². The second-order valence-electron chi connectivity index (χ2n) is 8.90. The lowest BCUT2D eigenvalue weighted by molar-refractivity contribution is 0.0855. The molecule has 2 aromatic carbocycles. The van der Waals surface area contributed by atoms with Gasteiger partial charge in [0.1, 0.15) is 0 Å². The summed E-state index contributed by atoms with van der Waals surface area (Å²) in [6.07, 6.45) is 6.24. The zero-order valence-corrected chi connectivity index (χ0v) is 17.1. The number of aryl methyl sites for hydroxylation is 1. The molecule has 1 saturated heterocycles. The van der Waals surface area contributed by atoms with Gasteiger partial charge in [0.05, 0.1) is 6.04 Å². The second-order valence-corrected chi connectivity index (χ2v) is 8.90. The summed E-state index contributed by atoms with van der Waals surface area (Å²) in [5.41, 5.74) is 1.76. The van der Waals surface area contributed by atoms with Gasteiger partial charge >= 0.3 is 0 Å². The number of halogens is 1. The number of nitrogens with zero attached hydrogens (tertiary/aromatic N) is 1. The number of carbonyl (C=O) groups excluding carboxylic acids is 1. The number of likely N-dealkylation sites (tertiary alicyclic amines) is 1. The predicted molar refractivity (Wildman–Crippen MR) is 113 cm³/mol. The molecular formula is C25H30FNO2. The molecule has 0 amide bonds. The number of benzene rings is 2. The standard InChI is InChI=1S/C25H30FNO2/c1-17(25(29)20-10-11-24(28)23(26)14-20)27-15-21-12-19(13-22(21)16-27)9-5-8-18-6-3-2-4-7-18/h2-4,6-7,10-11,14,17,19,21-22,28H,5,8-9,12-13,15-16H2,1H3/t17?,19?,21-,22+. The molecule has 2 unspecified atom stereocenters. The molecule has 4 rings (SSSR count). The Hall–Kier alpha value is -2.20. The molecule has 3 nitrogen and oxygen atoms in total. The van der Waals surface area contributed by atoms with Gasteiger partial charge in [0.15, 0.2) is 17.3 Å². The maximum atomic E-state index is 13.6. The fourth-order valence-electron chi connectivity index (χ4n) is 5.32. The lowest BCUT2D eigenvalue weighted by Gasteiger charge is -2.25. The van der Waals surface area contributed by atoms with Crippen LogP contribution in [-0.2, 0) is 6.42 Å². The van der Waals surface area contributed by atoms with Gasteiger partial charge in [0.2, 0.25) is 0 Å². The Morgan fingerprint density at radius 2 is 1.83 bits per heavy atom. The molecule has 1 N–H and O–H groups in total. The Kier molecular flexibility index (Phi) is 6.00. The smallest absolute Gasteiger partial charge is 0.179 e. The molecule has 1 saturated carbocycles. The fraction of sp³-hybridized carbons (Fsp3) is 0.480. The molecule has 2 fully saturated rings. The first kappa shape index (κ1) is 20.1. The van der Waals surface area contributed by atoms with Crippen molar-refractivity contribution in [2.75, 3.05) is 13.1 Å². The maximum Gasteiger partial charge on any atom is 0.179 e. The number of Topliss-reactive ketones (excluding diaryl/α,β-unsaturated/α-hetero) is 1. The minimum atomic E-state index is -0.736. The Bertz CT molecular complexity index is 839. The van der Waals surface area contributed by atoms with E-state index in [2.05, 4.69) is 35.2 Å². The number of phenolic OH excluding ortho intramolecular Hbond substituents is 1. The molecule has 0 radical (unpaired) electrons. The van der Waals surface area contributed by atoms with Gasteiger partial charge in [-0.05, 0) is 74.1 Å². The van der Waals surface area contributed by atoms with E-state index in [1.165, 1.54) is 43.4 Å². The van der Waals surface area contributed by atoms with Crippen LogP contribution in [-0.4, -0.2) is 34.9 Å². The monoisotopic (exact) mass is 395 g/mol. The number of hydrogen-bond donors (Lipinski definition) is 1. The topological polar surface area (TPSA) is 40.5 Å². The molecule has 154 valence electrons. The van der Waals surface area contributed by atoms with Crippen molar-refractivity contribution in [2.45, 2.75) is 45.1 Å². The molecule has 4 heteroatoms. The number of carbonyl (C=O) groups is 1. The number of phenols is 1. The van der Waals surface area contributed by atoms with Gasteiger partial charge < -0.3 is 5.11 Å². The first-order valence-electron chi connectivity index (χ1n) is 10.8. The molecule has 2 aromatic rings. The minimum Gasteiger partial charge on any atom is -0.505 e. The summed E-state index contributed by atoms with van der Waals surface area (Å²) in [6, 6.07) is 14.4. The normalized spacial score (nSPS) is 25.1. The van der Waals surface area contributed by atoms with Crippen LogP contribution in [0.1, 0.15) is 48.5 Å². The molecule has 1 heterocycles. The summed E-state index contributed by atoms with van der Waals surface area (Å²) in [7, 11) is 0. The van der Waals surface area contributed by atoms with E-state index < -0.39 is 11.6 Å². The van der Waals surface area contributed by atoms with Crippen LogP contribution in [0.3, 0.4) is 0 Å². The van der Waals surface area contributed by atoms with Crippen LogP contribution in [0.2, 0.25) is 0 Å². The summed E-state index contributed by atoms with van der Waals surface area (Å²) in [5.74, 6) is 0.964. The lowest BCUT2D eigenvalue weighted by atomic mass is 9.96. The van der Waals surface area contributed by atoms with Gasteiger partial charge in [0, 0.05) is 18.7 Å². The van der Waals surface area contributed by atoms with Crippen molar-refractivity contribution >= 4 is 5.78 Å². The Balaban J connectivity index is 1.26. The first-order chi connectivity index (χ1) is 14.0. The van der Waals surface area contributed by atoms with E-state index in [-0.39, 0.29) is 11.8 Å². The second kappa shape index (κ2) is 8.66. The van der Waals surface area contributed by atoms with Crippen LogP contribution < -0.4 is 0 Å². The molecule has 0 spiro atoms. The van der Waals surface area contributed by atoms with Crippen molar-refractivity contribution in [1.29, 1.82) is 0 Å². The van der Waals surface area contributed by atoms with E-state index in [0.29, 0.717) is 17.4 Å². The predicted octanol–water partition coefficient (Wildman–Crippen LogP) is 5.08. The number of ketones is 1. The third-order valence-corrected chi connectivity index (χ3v) is 6.96. The summed E-state index contributed by atoms with van der Waals surface area (Å²) in [6.45, 7) is 3.85. The summed E-state index contributed by atoms with van der Waals surface area (Å²) >= 11 is 0. The highest BCUT2D eigenvalue weighted by Crippen LogP contribution is 2.44. The van der Waals surface area contributed by atoms with E-state index in [1.807, 2.05) is 6.92 Å². The highest BCUT2D eigenvalue weighted by atomic mass is 19.1. The van der Waals surface area contributed by atoms with Crippen molar-refractivity contribution < 1.29 is 14.3 Å². The zero-order valence-electron chi connectivity index (χ0n) is 17.1. The van der Waals surface area contributed by atoms with E-state index in [9.17, 15) is 14.3 Å². The fourth-order valence-corrected chi connectivity index (χ4v) is 5.32. The minimum absolute atomic E-state index is 0.0664. The van der Waals surface area contributed by atoms with Gasteiger partial charge in [0.25, 0.3) is 0 Å². The number of aromatic hydroxyl groups is 1. The third-order valence-electron chi connectivity index (χ3n) is 6.96. The Labute approximate surface area is 172 Å². The van der Waals surface area contributed by atoms with Gasteiger partial charge in [-0.3, -0.25) is 9.69 Å². The largest absolute Gasteiger partial charge is 0.505 e. The average molecular weight is 396 g/mol. The van der Waals surface area contributed by atoms with Crippen LogP contribution >= 0.6 is 0 Å². The van der Waals surface area contributed by atoms with E-state index in [4.69, 9.17) is 0 Å². The lowest BCUT2D eigenvalue weighted by Crippen LogP contribution is -2.38. The quantitative estimate of drug-likeness (QED) is 0.665. The first-order valence-corrected chi connectivity index (χ1v) is 10.8. The zero-order chi connectivity index (χ0) is 20.4. The van der Waals surface area contributed by atoms with Gasteiger partial charge in [-0.25, -0.2) is 4.39 Å². The Morgan fingerprint density at radius 3 is 2.48 bits per heavy atom. The van der Waals surface area contributed by atoms with Crippen molar-refractivity contribution in [3.8, 4) is 5.75 Å². The third kappa shape index (κ3) is 4.53. The van der Waals surface area contributed by atoms with Gasteiger partial charge in [-0.15, -0.1) is 0 Å². The summed E-state index contributed by atoms with van der Waals surface area (Å²) in [5, 5.41) is 9.34. The average Bonchev–Trinajstić information content (AvgIpc) is 3.28. The molecule has 4 atom stereocenters. The Morgan fingerprint density at radius 1 is 1.14 bits per heavy atom. The van der Waals surface area contributed by atoms with E-state index >= 15 is 0 Å². The van der Waals surface area contributed by atoms with Crippen LogP contribution in [0.15, 0.2) is 48.5 Å². The highest BCUT2D eigenvalue weighted by molar-refractivity contribution is 6.00. The number of rotatable bonds is 7. The molecule has 0 aromatic heterocycles. The maximum absolute atomic E-state index is 13.6. The van der Waals surface area contributed by atoms with E-state index in [0.717, 1.165) is 31.5 Å². The van der Waals surface area contributed by atoms with Crippen LogP contribution in [0.25, 0.3) is 0 Å². The van der Waals surface area contributed by atoms with Crippen molar-refractivity contribution in [3.63, 3.8) is 0 Å². The molecule has 2 aliphatic rings. The molecular weight excluding hydrogens is 365 g/mol. The van der Waals surface area contributed by atoms with Crippen LogP contribution in [0.5, 0.6) is 5.75 Å². The van der Waals surface area contributed by atoms with Crippen molar-refractivity contribution in [3.05, 3.63) is 65.5 Å². The molecule has 1 aliphatic carbocycles. The molecule has 1 aliphatic heterocycles. The summed E-state index contributed by atoms with van der Waals surface area (Å²) < 4.78 is 13.6. The number of fused-ring (bicyclic) bond motifs is 1.